The Morgan fingerprint density at radius 2 is 1.75 bits per heavy atom. The molecule has 0 spiro atoms. The lowest BCUT2D eigenvalue weighted by Gasteiger charge is -2.09. The van der Waals surface area contributed by atoms with E-state index in [1.807, 2.05) is 30.3 Å². The van der Waals surface area contributed by atoms with Crippen LogP contribution in [0.2, 0.25) is 0 Å². The maximum atomic E-state index is 12.8. The Morgan fingerprint density at radius 3 is 2.56 bits per heavy atom. The molecule has 2 aromatic heterocycles. The minimum atomic E-state index is -0.207. The molecule has 7 nitrogen and oxygen atoms in total. The zero-order valence-electron chi connectivity index (χ0n) is 16.7. The molecule has 0 unspecified atom stereocenters. The minimum Gasteiger partial charge on any atom is -0.437 e. The van der Waals surface area contributed by atoms with E-state index in [2.05, 4.69) is 26.0 Å². The van der Waals surface area contributed by atoms with Crippen molar-refractivity contribution in [3.05, 3.63) is 102 Å². The highest BCUT2D eigenvalue weighted by molar-refractivity contribution is 6.08. The standard InChI is InChI=1S/C25H15N5O2/c26-15-16-4-3-5-18(14-16)22-25(28-13-12-27-22)32-19-10-8-17(9-11-19)23(31)24-29-20-6-1-2-7-21(20)30-24/h1-14H,(H,29,30). The van der Waals surface area contributed by atoms with E-state index in [0.29, 0.717) is 28.5 Å². The molecule has 2 heterocycles. The number of hydrogen-bond donors (Lipinski definition) is 1. The van der Waals surface area contributed by atoms with Crippen LogP contribution in [0.3, 0.4) is 0 Å². The number of nitrogens with zero attached hydrogens (tertiary/aromatic N) is 4. The van der Waals surface area contributed by atoms with E-state index in [1.165, 1.54) is 6.20 Å². The summed E-state index contributed by atoms with van der Waals surface area (Å²) in [5.74, 6) is 0.887. The summed E-state index contributed by atoms with van der Waals surface area (Å²) in [7, 11) is 0. The second-order valence-electron chi connectivity index (χ2n) is 6.96. The van der Waals surface area contributed by atoms with Crippen LogP contribution in [0.25, 0.3) is 22.3 Å². The fourth-order valence-corrected chi connectivity index (χ4v) is 3.32. The highest BCUT2D eigenvalue weighted by Crippen LogP contribution is 2.30. The quantitative estimate of drug-likeness (QED) is 0.407. The molecule has 1 N–H and O–H groups in total. The Bertz CT molecular complexity index is 1450. The first-order chi connectivity index (χ1) is 15.7. The first-order valence-corrected chi connectivity index (χ1v) is 9.80. The van der Waals surface area contributed by atoms with Crippen molar-refractivity contribution in [2.75, 3.05) is 0 Å². The molecule has 0 atom stereocenters. The Hall–Kier alpha value is -4.83. The molecule has 0 aliphatic rings. The van der Waals surface area contributed by atoms with Crippen LogP contribution in [0.5, 0.6) is 11.6 Å². The number of para-hydroxylation sites is 2. The lowest BCUT2D eigenvalue weighted by atomic mass is 10.1. The van der Waals surface area contributed by atoms with Crippen molar-refractivity contribution in [1.82, 2.24) is 19.9 Å². The van der Waals surface area contributed by atoms with E-state index >= 15 is 0 Å². The second-order valence-corrected chi connectivity index (χ2v) is 6.96. The Labute approximate surface area is 183 Å². The predicted octanol–water partition coefficient (Wildman–Crippen LogP) is 4.91. The number of carbonyl (C=O) groups is 1. The summed E-state index contributed by atoms with van der Waals surface area (Å²) in [6.07, 6.45) is 3.10. The molecule has 0 aliphatic heterocycles. The summed E-state index contributed by atoms with van der Waals surface area (Å²) < 4.78 is 5.93. The topological polar surface area (TPSA) is 105 Å². The molecule has 0 fully saturated rings. The number of imidazole rings is 1. The Balaban J connectivity index is 1.40. The van der Waals surface area contributed by atoms with Gasteiger partial charge in [-0.1, -0.05) is 24.3 Å². The van der Waals surface area contributed by atoms with Crippen LogP contribution in [0.4, 0.5) is 0 Å². The van der Waals surface area contributed by atoms with E-state index in [9.17, 15) is 4.79 Å². The van der Waals surface area contributed by atoms with E-state index in [-0.39, 0.29) is 11.6 Å². The number of aromatic nitrogens is 4. The number of carbonyl (C=O) groups excluding carboxylic acids is 1. The van der Waals surface area contributed by atoms with Crippen LogP contribution in [0, 0.1) is 11.3 Å². The van der Waals surface area contributed by atoms with Crippen LogP contribution in [-0.4, -0.2) is 25.7 Å². The average molecular weight is 417 g/mol. The van der Waals surface area contributed by atoms with Gasteiger partial charge in [0.1, 0.15) is 11.4 Å². The third kappa shape index (κ3) is 3.68. The second kappa shape index (κ2) is 8.13. The van der Waals surface area contributed by atoms with Gasteiger partial charge in [-0.3, -0.25) is 4.79 Å². The number of nitriles is 1. The smallest absolute Gasteiger partial charge is 0.246 e. The van der Waals surface area contributed by atoms with Gasteiger partial charge in [0.2, 0.25) is 11.7 Å². The van der Waals surface area contributed by atoms with Crippen LogP contribution in [0.1, 0.15) is 21.7 Å². The summed E-state index contributed by atoms with van der Waals surface area (Å²) in [5, 5.41) is 9.16. The number of hydrogen-bond acceptors (Lipinski definition) is 6. The molecule has 0 saturated carbocycles. The average Bonchev–Trinajstić information content (AvgIpc) is 3.29. The molecule has 0 aliphatic carbocycles. The van der Waals surface area contributed by atoms with Crippen molar-refractivity contribution in [2.24, 2.45) is 0 Å². The monoisotopic (exact) mass is 417 g/mol. The van der Waals surface area contributed by atoms with Gasteiger partial charge in [-0.05, 0) is 48.5 Å². The summed E-state index contributed by atoms with van der Waals surface area (Å²) in [6, 6.07) is 23.4. The summed E-state index contributed by atoms with van der Waals surface area (Å²) in [6.45, 7) is 0. The Kier molecular flexibility index (Phi) is 4.86. The van der Waals surface area contributed by atoms with E-state index < -0.39 is 0 Å². The van der Waals surface area contributed by atoms with E-state index in [0.717, 1.165) is 16.6 Å². The van der Waals surface area contributed by atoms with Crippen molar-refractivity contribution in [3.63, 3.8) is 0 Å². The summed E-state index contributed by atoms with van der Waals surface area (Å²) in [5.41, 5.74) is 3.80. The third-order valence-corrected chi connectivity index (χ3v) is 4.87. The lowest BCUT2D eigenvalue weighted by Crippen LogP contribution is -2.03. The summed E-state index contributed by atoms with van der Waals surface area (Å²) in [4.78, 5) is 28.9. The predicted molar refractivity (Wildman–Crippen MR) is 118 cm³/mol. The van der Waals surface area contributed by atoms with Gasteiger partial charge in [0.25, 0.3) is 0 Å². The van der Waals surface area contributed by atoms with Gasteiger partial charge in [-0.15, -0.1) is 0 Å². The molecule has 5 aromatic rings. The van der Waals surface area contributed by atoms with Gasteiger partial charge in [0, 0.05) is 23.5 Å². The molecule has 0 radical (unpaired) electrons. The van der Waals surface area contributed by atoms with Gasteiger partial charge in [0.15, 0.2) is 5.82 Å². The number of nitrogens with one attached hydrogen (secondary N) is 1. The van der Waals surface area contributed by atoms with Gasteiger partial charge >= 0.3 is 0 Å². The van der Waals surface area contributed by atoms with E-state index in [1.54, 1.807) is 48.7 Å². The third-order valence-electron chi connectivity index (χ3n) is 4.87. The minimum absolute atomic E-state index is 0.207. The van der Waals surface area contributed by atoms with Crippen molar-refractivity contribution < 1.29 is 9.53 Å². The number of ketones is 1. The number of benzene rings is 3. The van der Waals surface area contributed by atoms with Crippen molar-refractivity contribution in [1.29, 1.82) is 5.26 Å². The SMILES string of the molecule is N#Cc1cccc(-c2nccnc2Oc2ccc(C(=O)c3nc4ccccc4[nH]3)cc2)c1. The maximum Gasteiger partial charge on any atom is 0.246 e. The van der Waals surface area contributed by atoms with Gasteiger partial charge < -0.3 is 9.72 Å². The van der Waals surface area contributed by atoms with Gasteiger partial charge in [0.05, 0.1) is 22.7 Å². The zero-order chi connectivity index (χ0) is 21.9. The first kappa shape index (κ1) is 19.2. The lowest BCUT2D eigenvalue weighted by molar-refractivity contribution is 0.103. The van der Waals surface area contributed by atoms with Gasteiger partial charge in [-0.2, -0.15) is 5.26 Å². The number of aromatic amines is 1. The van der Waals surface area contributed by atoms with Crippen LogP contribution in [0.15, 0.2) is 85.2 Å². The molecule has 3 aromatic carbocycles. The molecular weight excluding hydrogens is 402 g/mol. The fraction of sp³-hybridized carbons (Fsp3) is 0. The highest BCUT2D eigenvalue weighted by atomic mass is 16.5. The molecule has 0 amide bonds. The molecule has 152 valence electrons. The number of H-pyrrole nitrogens is 1. The van der Waals surface area contributed by atoms with Crippen molar-refractivity contribution >= 4 is 16.8 Å². The maximum absolute atomic E-state index is 12.8. The number of fused-ring (bicyclic) bond motifs is 1. The fourth-order valence-electron chi connectivity index (χ4n) is 3.32. The van der Waals surface area contributed by atoms with E-state index in [4.69, 9.17) is 10.00 Å². The summed E-state index contributed by atoms with van der Waals surface area (Å²) >= 11 is 0. The molecule has 0 saturated heterocycles. The number of rotatable bonds is 5. The molecule has 0 bridgehead atoms. The van der Waals surface area contributed by atoms with Crippen molar-refractivity contribution in [2.45, 2.75) is 0 Å². The van der Waals surface area contributed by atoms with Crippen LogP contribution >= 0.6 is 0 Å². The first-order valence-electron chi connectivity index (χ1n) is 9.80. The Morgan fingerprint density at radius 1 is 0.938 bits per heavy atom. The van der Waals surface area contributed by atoms with Crippen molar-refractivity contribution in [3.8, 4) is 29.0 Å². The molecule has 5 rings (SSSR count). The molecule has 7 heteroatoms. The molecular formula is C25H15N5O2. The molecule has 32 heavy (non-hydrogen) atoms. The van der Waals surface area contributed by atoms with Crippen LogP contribution in [-0.2, 0) is 0 Å². The highest BCUT2D eigenvalue weighted by Gasteiger charge is 2.15. The zero-order valence-corrected chi connectivity index (χ0v) is 16.7. The largest absolute Gasteiger partial charge is 0.437 e. The normalized spacial score (nSPS) is 10.6. The van der Waals surface area contributed by atoms with Crippen LogP contribution < -0.4 is 4.74 Å². The van der Waals surface area contributed by atoms with Gasteiger partial charge in [-0.25, -0.2) is 15.0 Å². The number of ether oxygens (including phenoxy) is 1.